The Kier molecular flexibility index (Phi) is 5.65. The summed E-state index contributed by atoms with van der Waals surface area (Å²) in [5.74, 6) is 0.646. The molecule has 0 aromatic carbocycles. The molecule has 15 heavy (non-hydrogen) atoms. The summed E-state index contributed by atoms with van der Waals surface area (Å²) < 4.78 is 5.45. The van der Waals surface area contributed by atoms with Crippen LogP contribution in [0.3, 0.4) is 0 Å². The Morgan fingerprint density at radius 1 is 1.53 bits per heavy atom. The molecule has 0 aromatic rings. The second kappa shape index (κ2) is 6.80. The predicted molar refractivity (Wildman–Crippen MR) is 59.7 cm³/mol. The lowest BCUT2D eigenvalue weighted by atomic mass is 10.0. The first-order chi connectivity index (χ1) is 7.24. The molecule has 2 N–H and O–H groups in total. The van der Waals surface area contributed by atoms with Gasteiger partial charge in [-0.05, 0) is 25.7 Å². The fourth-order valence-electron chi connectivity index (χ4n) is 1.74. The van der Waals surface area contributed by atoms with Gasteiger partial charge in [0.1, 0.15) is 0 Å². The zero-order valence-corrected chi connectivity index (χ0v) is 9.71. The molecule has 4 nitrogen and oxygen atoms in total. The van der Waals surface area contributed by atoms with Gasteiger partial charge < -0.3 is 15.4 Å². The lowest BCUT2D eigenvalue weighted by molar-refractivity contribution is -0.120. The quantitative estimate of drug-likeness (QED) is 0.678. The maximum Gasteiger partial charge on any atom is 0.233 e. The molecule has 1 rings (SSSR count). The summed E-state index contributed by atoms with van der Waals surface area (Å²) >= 11 is 0. The van der Waals surface area contributed by atoms with Crippen molar-refractivity contribution < 1.29 is 9.53 Å². The highest BCUT2D eigenvalue weighted by molar-refractivity contribution is 5.77. The highest BCUT2D eigenvalue weighted by Crippen LogP contribution is 2.18. The minimum Gasteiger partial charge on any atom is -0.378 e. The summed E-state index contributed by atoms with van der Waals surface area (Å²) in [6, 6.07) is 0. The lowest BCUT2D eigenvalue weighted by Gasteiger charge is -2.14. The molecule has 0 aliphatic carbocycles. The first-order valence-corrected chi connectivity index (χ1v) is 5.83. The van der Waals surface area contributed by atoms with Crippen LogP contribution in [0.4, 0.5) is 0 Å². The summed E-state index contributed by atoms with van der Waals surface area (Å²) in [6.07, 6.45) is 2.42. The number of hydrogen-bond donors (Lipinski definition) is 2. The van der Waals surface area contributed by atoms with E-state index in [1.54, 1.807) is 0 Å². The standard InChI is InChI=1S/C11H22N2O2/c1-3-5-13-11(14)8-12-7-10-4-6-15-9(10)2/h9-10,12H,3-8H2,1-2H3,(H,13,14). The first kappa shape index (κ1) is 12.5. The Morgan fingerprint density at radius 3 is 2.93 bits per heavy atom. The summed E-state index contributed by atoms with van der Waals surface area (Å²) in [6.45, 7) is 7.06. The number of hydrogen-bond acceptors (Lipinski definition) is 3. The zero-order valence-electron chi connectivity index (χ0n) is 9.71. The van der Waals surface area contributed by atoms with E-state index in [2.05, 4.69) is 17.6 Å². The van der Waals surface area contributed by atoms with Gasteiger partial charge in [0.2, 0.25) is 5.91 Å². The second-order valence-corrected chi connectivity index (χ2v) is 4.11. The Morgan fingerprint density at radius 2 is 2.33 bits per heavy atom. The maximum absolute atomic E-state index is 11.3. The van der Waals surface area contributed by atoms with E-state index < -0.39 is 0 Å². The van der Waals surface area contributed by atoms with Crippen molar-refractivity contribution in [3.8, 4) is 0 Å². The van der Waals surface area contributed by atoms with Gasteiger partial charge >= 0.3 is 0 Å². The van der Waals surface area contributed by atoms with Gasteiger partial charge in [-0.15, -0.1) is 0 Å². The van der Waals surface area contributed by atoms with Gasteiger partial charge in [-0.25, -0.2) is 0 Å². The van der Waals surface area contributed by atoms with E-state index in [9.17, 15) is 4.79 Å². The largest absolute Gasteiger partial charge is 0.378 e. The summed E-state index contributed by atoms with van der Waals surface area (Å²) in [4.78, 5) is 11.3. The van der Waals surface area contributed by atoms with Gasteiger partial charge in [-0.3, -0.25) is 4.79 Å². The number of carbonyl (C=O) groups excluding carboxylic acids is 1. The maximum atomic E-state index is 11.3. The van der Waals surface area contributed by atoms with Crippen LogP contribution in [0.25, 0.3) is 0 Å². The van der Waals surface area contributed by atoms with Crippen molar-refractivity contribution in [3.63, 3.8) is 0 Å². The fourth-order valence-corrected chi connectivity index (χ4v) is 1.74. The molecule has 0 spiro atoms. The molecule has 2 atom stereocenters. The van der Waals surface area contributed by atoms with Gasteiger partial charge in [-0.1, -0.05) is 6.92 Å². The smallest absolute Gasteiger partial charge is 0.233 e. The van der Waals surface area contributed by atoms with Gasteiger partial charge in [0.25, 0.3) is 0 Å². The molecular weight excluding hydrogens is 192 g/mol. The predicted octanol–water partition coefficient (Wildman–Crippen LogP) is 0.527. The van der Waals surface area contributed by atoms with Crippen LogP contribution in [-0.4, -0.2) is 38.3 Å². The van der Waals surface area contributed by atoms with Crippen LogP contribution in [0.2, 0.25) is 0 Å². The van der Waals surface area contributed by atoms with E-state index in [1.165, 1.54) is 0 Å². The summed E-state index contributed by atoms with van der Waals surface area (Å²) in [5, 5.41) is 6.01. The normalized spacial score (nSPS) is 25.5. The van der Waals surface area contributed by atoms with Crippen LogP contribution < -0.4 is 10.6 Å². The Hall–Kier alpha value is -0.610. The number of carbonyl (C=O) groups is 1. The molecule has 0 aromatic heterocycles. The molecule has 2 unspecified atom stereocenters. The van der Waals surface area contributed by atoms with Crippen molar-refractivity contribution in [1.29, 1.82) is 0 Å². The molecule has 4 heteroatoms. The van der Waals surface area contributed by atoms with Gasteiger partial charge in [0, 0.05) is 19.7 Å². The molecule has 1 amide bonds. The van der Waals surface area contributed by atoms with Crippen molar-refractivity contribution in [2.75, 3.05) is 26.2 Å². The molecule has 1 heterocycles. The van der Waals surface area contributed by atoms with Crippen LogP contribution in [0.5, 0.6) is 0 Å². The molecule has 88 valence electrons. The van der Waals surface area contributed by atoms with Gasteiger partial charge in [0.15, 0.2) is 0 Å². The van der Waals surface area contributed by atoms with Crippen molar-refractivity contribution >= 4 is 5.91 Å². The van der Waals surface area contributed by atoms with Crippen molar-refractivity contribution in [1.82, 2.24) is 10.6 Å². The third-order valence-electron chi connectivity index (χ3n) is 2.80. The highest BCUT2D eigenvalue weighted by Gasteiger charge is 2.23. The van der Waals surface area contributed by atoms with Crippen LogP contribution >= 0.6 is 0 Å². The molecule has 0 bridgehead atoms. The Balaban J connectivity index is 2.02. The van der Waals surface area contributed by atoms with Crippen LogP contribution in [0, 0.1) is 5.92 Å². The Bertz CT molecular complexity index is 197. The van der Waals surface area contributed by atoms with Crippen LogP contribution in [-0.2, 0) is 9.53 Å². The van der Waals surface area contributed by atoms with E-state index in [-0.39, 0.29) is 5.91 Å². The molecular formula is C11H22N2O2. The fraction of sp³-hybridized carbons (Fsp3) is 0.909. The third kappa shape index (κ3) is 4.62. The number of rotatable bonds is 6. The summed E-state index contributed by atoms with van der Waals surface area (Å²) in [5.41, 5.74) is 0. The van der Waals surface area contributed by atoms with E-state index in [1.807, 2.05) is 6.92 Å². The number of nitrogens with one attached hydrogen (secondary N) is 2. The van der Waals surface area contributed by atoms with Gasteiger partial charge in [-0.2, -0.15) is 0 Å². The van der Waals surface area contributed by atoms with Gasteiger partial charge in [0.05, 0.1) is 12.6 Å². The highest BCUT2D eigenvalue weighted by atomic mass is 16.5. The lowest BCUT2D eigenvalue weighted by Crippen LogP contribution is -2.37. The third-order valence-corrected chi connectivity index (χ3v) is 2.80. The Labute approximate surface area is 91.8 Å². The molecule has 1 saturated heterocycles. The molecule has 1 fully saturated rings. The van der Waals surface area contributed by atoms with Crippen LogP contribution in [0.1, 0.15) is 26.7 Å². The van der Waals surface area contributed by atoms with E-state index in [0.717, 1.165) is 32.5 Å². The minimum absolute atomic E-state index is 0.0865. The first-order valence-electron chi connectivity index (χ1n) is 5.83. The van der Waals surface area contributed by atoms with Crippen LogP contribution in [0.15, 0.2) is 0 Å². The SMILES string of the molecule is CCCNC(=O)CNCC1CCOC1C. The molecule has 1 aliphatic heterocycles. The van der Waals surface area contributed by atoms with Crippen molar-refractivity contribution in [2.45, 2.75) is 32.8 Å². The number of amides is 1. The number of ether oxygens (including phenoxy) is 1. The second-order valence-electron chi connectivity index (χ2n) is 4.11. The topological polar surface area (TPSA) is 50.4 Å². The van der Waals surface area contributed by atoms with E-state index >= 15 is 0 Å². The van der Waals surface area contributed by atoms with E-state index in [4.69, 9.17) is 4.74 Å². The van der Waals surface area contributed by atoms with Crippen molar-refractivity contribution in [3.05, 3.63) is 0 Å². The minimum atomic E-state index is 0.0865. The monoisotopic (exact) mass is 214 g/mol. The molecule has 0 radical (unpaired) electrons. The molecule has 1 aliphatic rings. The van der Waals surface area contributed by atoms with E-state index in [0.29, 0.717) is 18.6 Å². The summed E-state index contributed by atoms with van der Waals surface area (Å²) in [7, 11) is 0. The molecule has 0 saturated carbocycles. The average Bonchev–Trinajstić information content (AvgIpc) is 2.61. The zero-order chi connectivity index (χ0) is 11.1. The van der Waals surface area contributed by atoms with Crippen molar-refractivity contribution in [2.24, 2.45) is 5.92 Å². The average molecular weight is 214 g/mol.